The Bertz CT molecular complexity index is 1370. The lowest BCUT2D eigenvalue weighted by Crippen LogP contribution is -2.42. The minimum absolute atomic E-state index is 0.116. The smallest absolute Gasteiger partial charge is 0.327 e. The average molecular weight is 496 g/mol. The van der Waals surface area contributed by atoms with Gasteiger partial charge in [-0.1, -0.05) is 18.2 Å². The lowest BCUT2D eigenvalue weighted by molar-refractivity contribution is -0.138. The van der Waals surface area contributed by atoms with Crippen LogP contribution in [0.1, 0.15) is 26.2 Å². The van der Waals surface area contributed by atoms with E-state index >= 15 is 0 Å². The summed E-state index contributed by atoms with van der Waals surface area (Å²) < 4.78 is 29.1. The third kappa shape index (κ3) is 5.33. The largest absolute Gasteiger partial charge is 0.480 e. The maximum absolute atomic E-state index is 12.3. The number of anilines is 2. The minimum atomic E-state index is -2.57. The second-order valence-electron chi connectivity index (χ2n) is 8.07. The molecule has 0 saturated heterocycles. The van der Waals surface area contributed by atoms with Crippen LogP contribution in [-0.4, -0.2) is 43.3 Å². The number of pyridine rings is 1. The maximum Gasteiger partial charge on any atom is 0.327 e. The van der Waals surface area contributed by atoms with Crippen LogP contribution in [0.15, 0.2) is 71.4 Å². The molecular formula is C25H25N3O6S. The molecule has 2 atom stereocenters. The molecule has 0 bridgehead atoms. The number of hydrogen-bond acceptors (Lipinski definition) is 5. The van der Waals surface area contributed by atoms with Gasteiger partial charge < -0.3 is 14.4 Å². The normalized spacial score (nSPS) is 13.0. The first-order valence-corrected chi connectivity index (χ1v) is 12.2. The standard InChI is InChI=1S/C25H25N3O6S/c1-17(29)27(19-7-6-13-26-16-19)14-5-4-9-22(25(30)31)28(35(32)33)18-11-12-24-21(15-18)20-8-2-3-10-23(20)34-24/h2-3,6-8,10-13,15-16,22H,4-5,9,14H2,1H3,(H,30,31)(H,32,33). The molecule has 1 amide bonds. The quantitative estimate of drug-likeness (QED) is 0.243. The highest BCUT2D eigenvalue weighted by molar-refractivity contribution is 7.80. The van der Waals surface area contributed by atoms with Gasteiger partial charge in [0.1, 0.15) is 17.2 Å². The second kappa shape index (κ2) is 10.7. The monoisotopic (exact) mass is 495 g/mol. The maximum atomic E-state index is 12.3. The van der Waals surface area contributed by atoms with E-state index in [1.807, 2.05) is 24.3 Å². The van der Waals surface area contributed by atoms with E-state index < -0.39 is 23.3 Å². The Kier molecular flexibility index (Phi) is 7.42. The van der Waals surface area contributed by atoms with Crippen molar-refractivity contribution in [2.24, 2.45) is 0 Å². The number of rotatable bonds is 10. The van der Waals surface area contributed by atoms with Gasteiger partial charge in [0.25, 0.3) is 11.3 Å². The molecule has 10 heteroatoms. The zero-order valence-corrected chi connectivity index (χ0v) is 19.9. The van der Waals surface area contributed by atoms with Crippen LogP contribution in [0.5, 0.6) is 0 Å². The van der Waals surface area contributed by atoms with Gasteiger partial charge in [0, 0.05) is 30.4 Å². The Morgan fingerprint density at radius 1 is 1.03 bits per heavy atom. The van der Waals surface area contributed by atoms with Gasteiger partial charge in [0.2, 0.25) is 5.91 Å². The van der Waals surface area contributed by atoms with Crippen molar-refractivity contribution in [1.29, 1.82) is 0 Å². The number of carboxylic acids is 1. The number of carbonyl (C=O) groups excluding carboxylic acids is 1. The van der Waals surface area contributed by atoms with Gasteiger partial charge in [-0.2, -0.15) is 0 Å². The van der Waals surface area contributed by atoms with Gasteiger partial charge in [-0.25, -0.2) is 9.00 Å². The van der Waals surface area contributed by atoms with E-state index in [2.05, 4.69) is 4.98 Å². The topological polar surface area (TPSA) is 124 Å². The van der Waals surface area contributed by atoms with Crippen LogP contribution in [0.2, 0.25) is 0 Å². The van der Waals surface area contributed by atoms with Crippen molar-refractivity contribution in [3.63, 3.8) is 0 Å². The molecule has 4 rings (SSSR count). The Labute approximate surface area is 204 Å². The molecule has 9 nitrogen and oxygen atoms in total. The Morgan fingerprint density at radius 2 is 1.80 bits per heavy atom. The summed E-state index contributed by atoms with van der Waals surface area (Å²) in [6.45, 7) is 1.84. The van der Waals surface area contributed by atoms with Crippen LogP contribution in [0.25, 0.3) is 21.9 Å². The van der Waals surface area contributed by atoms with Crippen LogP contribution < -0.4 is 9.21 Å². The molecule has 2 aromatic carbocycles. The lowest BCUT2D eigenvalue weighted by atomic mass is 10.1. The first kappa shape index (κ1) is 24.4. The van der Waals surface area contributed by atoms with E-state index in [0.717, 1.165) is 15.1 Å². The van der Waals surface area contributed by atoms with E-state index in [1.54, 1.807) is 47.6 Å². The fourth-order valence-corrected chi connectivity index (χ4v) is 4.87. The number of aromatic nitrogens is 1. The third-order valence-electron chi connectivity index (χ3n) is 5.80. The van der Waals surface area contributed by atoms with Gasteiger partial charge in [-0.15, -0.1) is 0 Å². The van der Waals surface area contributed by atoms with Gasteiger partial charge in [-0.05, 0) is 55.7 Å². The van der Waals surface area contributed by atoms with Crippen molar-refractivity contribution < 1.29 is 27.9 Å². The molecule has 0 fully saturated rings. The molecule has 2 heterocycles. The van der Waals surface area contributed by atoms with Crippen molar-refractivity contribution in [3.8, 4) is 0 Å². The summed E-state index contributed by atoms with van der Waals surface area (Å²) in [6, 6.07) is 14.6. The summed E-state index contributed by atoms with van der Waals surface area (Å²) in [5.41, 5.74) is 2.24. The van der Waals surface area contributed by atoms with Crippen molar-refractivity contribution in [2.45, 2.75) is 32.2 Å². The highest BCUT2D eigenvalue weighted by Crippen LogP contribution is 2.33. The fraction of sp³-hybridized carbons (Fsp3) is 0.240. The van der Waals surface area contributed by atoms with Gasteiger partial charge in [-0.3, -0.25) is 18.6 Å². The number of carbonyl (C=O) groups is 2. The van der Waals surface area contributed by atoms with Gasteiger partial charge in [0.15, 0.2) is 0 Å². The number of unbranched alkanes of at least 4 members (excludes halogenated alkanes) is 1. The lowest BCUT2D eigenvalue weighted by Gasteiger charge is -2.27. The molecule has 2 aromatic heterocycles. The number of aliphatic carboxylic acids is 1. The number of fused-ring (bicyclic) bond motifs is 3. The molecule has 0 spiro atoms. The number of nitrogens with zero attached hydrogens (tertiary/aromatic N) is 3. The minimum Gasteiger partial charge on any atom is -0.480 e. The van der Waals surface area contributed by atoms with Crippen molar-refractivity contribution >= 4 is 56.5 Å². The second-order valence-corrected chi connectivity index (χ2v) is 8.92. The molecule has 0 aliphatic rings. The zero-order chi connectivity index (χ0) is 24.9. The van der Waals surface area contributed by atoms with E-state index in [1.165, 1.54) is 6.92 Å². The van der Waals surface area contributed by atoms with Crippen molar-refractivity contribution in [1.82, 2.24) is 4.98 Å². The van der Waals surface area contributed by atoms with Crippen LogP contribution in [0.4, 0.5) is 11.4 Å². The third-order valence-corrected chi connectivity index (χ3v) is 6.60. The summed E-state index contributed by atoms with van der Waals surface area (Å²) in [4.78, 5) is 29.8. The van der Waals surface area contributed by atoms with Crippen LogP contribution in [-0.2, 0) is 20.9 Å². The highest BCUT2D eigenvalue weighted by Gasteiger charge is 2.30. The summed E-state index contributed by atoms with van der Waals surface area (Å²) in [6.07, 6.45) is 4.26. The number of furan rings is 1. The Hall–Kier alpha value is -3.76. The van der Waals surface area contributed by atoms with E-state index in [-0.39, 0.29) is 12.3 Å². The number of hydrogen-bond donors (Lipinski definition) is 2. The molecule has 0 saturated carbocycles. The molecule has 0 aliphatic heterocycles. The molecule has 0 radical (unpaired) electrons. The Balaban J connectivity index is 1.52. The van der Waals surface area contributed by atoms with Crippen LogP contribution in [0.3, 0.4) is 0 Å². The fourth-order valence-electron chi connectivity index (χ4n) is 4.16. The van der Waals surface area contributed by atoms with E-state index in [4.69, 9.17) is 4.42 Å². The molecule has 2 N–H and O–H groups in total. The van der Waals surface area contributed by atoms with Crippen molar-refractivity contribution in [2.75, 3.05) is 15.7 Å². The number of amides is 1. The summed E-state index contributed by atoms with van der Waals surface area (Å²) in [5.74, 6) is -1.35. The molecule has 182 valence electrons. The van der Waals surface area contributed by atoms with E-state index in [0.29, 0.717) is 41.9 Å². The predicted molar refractivity (Wildman–Crippen MR) is 135 cm³/mol. The first-order chi connectivity index (χ1) is 16.9. The first-order valence-electron chi connectivity index (χ1n) is 11.1. The average Bonchev–Trinajstić information content (AvgIpc) is 3.21. The molecule has 35 heavy (non-hydrogen) atoms. The molecular weight excluding hydrogens is 470 g/mol. The number of carboxylic acid groups (broad SMARTS) is 1. The van der Waals surface area contributed by atoms with Crippen molar-refractivity contribution in [3.05, 3.63) is 67.0 Å². The molecule has 4 aromatic rings. The number of benzene rings is 2. The van der Waals surface area contributed by atoms with Gasteiger partial charge >= 0.3 is 5.97 Å². The number of para-hydroxylation sites is 1. The summed E-state index contributed by atoms with van der Waals surface area (Å²) >= 11 is -2.57. The highest BCUT2D eigenvalue weighted by atomic mass is 32.2. The molecule has 0 aliphatic carbocycles. The summed E-state index contributed by atoms with van der Waals surface area (Å²) in [5, 5.41) is 11.5. The van der Waals surface area contributed by atoms with Crippen LogP contribution in [0, 0.1) is 0 Å². The SMILES string of the molecule is CC(=O)N(CCCCC(C(=O)O)N(c1ccc2oc3ccccc3c2c1)S(=O)O)c1cccnc1. The molecule has 2 unspecified atom stereocenters. The van der Waals surface area contributed by atoms with E-state index in [9.17, 15) is 23.5 Å². The predicted octanol–water partition coefficient (Wildman–Crippen LogP) is 4.60. The zero-order valence-electron chi connectivity index (χ0n) is 19.0. The Morgan fingerprint density at radius 3 is 2.49 bits per heavy atom. The summed E-state index contributed by atoms with van der Waals surface area (Å²) in [7, 11) is 0. The van der Waals surface area contributed by atoms with Gasteiger partial charge in [0.05, 0.1) is 17.6 Å². The van der Waals surface area contributed by atoms with Crippen LogP contribution >= 0.6 is 0 Å².